The molecule has 1 N–H and O–H groups in total. The van der Waals surface area contributed by atoms with Gasteiger partial charge in [-0.05, 0) is 36.5 Å². The molecular weight excluding hydrogens is 239 g/mol. The van der Waals surface area contributed by atoms with Gasteiger partial charge >= 0.3 is 0 Å². The third-order valence-corrected chi connectivity index (χ3v) is 4.28. The van der Waals surface area contributed by atoms with Gasteiger partial charge in [0, 0.05) is 11.4 Å². The van der Waals surface area contributed by atoms with Crippen molar-refractivity contribution < 1.29 is 9.50 Å². The fourth-order valence-corrected chi connectivity index (χ4v) is 3.17. The van der Waals surface area contributed by atoms with E-state index < -0.39 is 5.60 Å². The quantitative estimate of drug-likeness (QED) is 0.868. The zero-order valence-corrected chi connectivity index (χ0v) is 10.8. The van der Waals surface area contributed by atoms with Crippen LogP contribution in [-0.4, -0.2) is 10.7 Å². The first kappa shape index (κ1) is 12.8. The number of hydrogen-bond donors (Lipinski definition) is 1. The molecule has 0 aliphatic heterocycles. The molecule has 3 heteroatoms. The van der Waals surface area contributed by atoms with E-state index in [0.717, 1.165) is 31.2 Å². The van der Waals surface area contributed by atoms with Crippen LogP contribution < -0.4 is 0 Å². The predicted molar refractivity (Wildman–Crippen MR) is 67.7 cm³/mol. The molecule has 0 radical (unpaired) electrons. The van der Waals surface area contributed by atoms with E-state index >= 15 is 0 Å². The van der Waals surface area contributed by atoms with Crippen LogP contribution in [0.15, 0.2) is 18.2 Å². The molecule has 17 heavy (non-hydrogen) atoms. The highest BCUT2D eigenvalue weighted by Crippen LogP contribution is 2.40. The van der Waals surface area contributed by atoms with Crippen LogP contribution >= 0.6 is 11.6 Å². The Morgan fingerprint density at radius 2 is 2.29 bits per heavy atom. The van der Waals surface area contributed by atoms with Gasteiger partial charge in [0.05, 0.1) is 5.60 Å². The second-order valence-electron chi connectivity index (χ2n) is 5.01. The minimum Gasteiger partial charge on any atom is -0.389 e. The van der Waals surface area contributed by atoms with Crippen LogP contribution in [0, 0.1) is 11.7 Å². The van der Waals surface area contributed by atoms with Crippen LogP contribution in [0.2, 0.25) is 5.02 Å². The number of rotatable bonds is 3. The van der Waals surface area contributed by atoms with Crippen molar-refractivity contribution in [2.45, 2.75) is 44.6 Å². The molecule has 0 saturated heterocycles. The van der Waals surface area contributed by atoms with Crippen LogP contribution in [0.5, 0.6) is 0 Å². The van der Waals surface area contributed by atoms with E-state index in [2.05, 4.69) is 6.92 Å². The molecule has 0 amide bonds. The van der Waals surface area contributed by atoms with Crippen molar-refractivity contribution in [1.82, 2.24) is 0 Å². The zero-order chi connectivity index (χ0) is 12.5. The first-order chi connectivity index (χ1) is 8.05. The first-order valence-electron chi connectivity index (χ1n) is 6.21. The lowest BCUT2D eigenvalue weighted by molar-refractivity contribution is 0.00147. The molecule has 1 aliphatic carbocycles. The van der Waals surface area contributed by atoms with E-state index in [1.807, 2.05) is 0 Å². The van der Waals surface area contributed by atoms with Crippen LogP contribution in [0.3, 0.4) is 0 Å². The highest BCUT2D eigenvalue weighted by Gasteiger charge is 2.40. The smallest absolute Gasteiger partial charge is 0.124 e. The molecule has 94 valence electrons. The van der Waals surface area contributed by atoms with Crippen molar-refractivity contribution in [1.29, 1.82) is 0 Å². The maximum Gasteiger partial charge on any atom is 0.124 e. The van der Waals surface area contributed by atoms with Crippen molar-refractivity contribution in [3.63, 3.8) is 0 Å². The lowest BCUT2D eigenvalue weighted by Crippen LogP contribution is -2.35. The van der Waals surface area contributed by atoms with Gasteiger partial charge in [-0.2, -0.15) is 0 Å². The van der Waals surface area contributed by atoms with Crippen molar-refractivity contribution in [2.75, 3.05) is 0 Å². The Kier molecular flexibility index (Phi) is 3.74. The summed E-state index contributed by atoms with van der Waals surface area (Å²) < 4.78 is 13.0. The van der Waals surface area contributed by atoms with E-state index in [0.29, 0.717) is 17.4 Å². The van der Waals surface area contributed by atoms with Crippen LogP contribution in [0.25, 0.3) is 0 Å². The monoisotopic (exact) mass is 256 g/mol. The molecule has 0 heterocycles. The van der Waals surface area contributed by atoms with Gasteiger partial charge in [-0.3, -0.25) is 0 Å². The van der Waals surface area contributed by atoms with Gasteiger partial charge in [0.25, 0.3) is 0 Å². The molecule has 0 spiro atoms. The maximum absolute atomic E-state index is 13.0. The van der Waals surface area contributed by atoms with Gasteiger partial charge in [-0.1, -0.05) is 37.4 Å². The SMILES string of the molecule is CCC1CCCC1(O)Cc1ccc(F)cc1Cl. The van der Waals surface area contributed by atoms with Crippen molar-refractivity contribution in [3.05, 3.63) is 34.6 Å². The van der Waals surface area contributed by atoms with Gasteiger partial charge in [0.15, 0.2) is 0 Å². The third kappa shape index (κ3) is 2.63. The van der Waals surface area contributed by atoms with E-state index in [1.54, 1.807) is 6.07 Å². The molecule has 1 aromatic carbocycles. The summed E-state index contributed by atoms with van der Waals surface area (Å²) in [7, 11) is 0. The number of halogens is 2. The summed E-state index contributed by atoms with van der Waals surface area (Å²) in [6.07, 6.45) is 4.47. The Morgan fingerprint density at radius 3 is 2.94 bits per heavy atom. The van der Waals surface area contributed by atoms with Crippen molar-refractivity contribution >= 4 is 11.6 Å². The fraction of sp³-hybridized carbons (Fsp3) is 0.571. The molecule has 0 aromatic heterocycles. The molecule has 2 atom stereocenters. The van der Waals surface area contributed by atoms with E-state index in [-0.39, 0.29) is 5.82 Å². The Hall–Kier alpha value is -0.600. The second-order valence-corrected chi connectivity index (χ2v) is 5.42. The Labute approximate surface area is 107 Å². The highest BCUT2D eigenvalue weighted by atomic mass is 35.5. The summed E-state index contributed by atoms with van der Waals surface area (Å²) in [4.78, 5) is 0. The molecule has 2 unspecified atom stereocenters. The lowest BCUT2D eigenvalue weighted by atomic mass is 9.83. The van der Waals surface area contributed by atoms with Crippen molar-refractivity contribution in [3.8, 4) is 0 Å². The fourth-order valence-electron chi connectivity index (χ4n) is 2.94. The van der Waals surface area contributed by atoms with Crippen LogP contribution in [0.4, 0.5) is 4.39 Å². The second kappa shape index (κ2) is 4.95. The molecule has 1 aromatic rings. The number of aliphatic hydroxyl groups is 1. The van der Waals surface area contributed by atoms with Gasteiger partial charge < -0.3 is 5.11 Å². The summed E-state index contributed by atoms with van der Waals surface area (Å²) in [5.41, 5.74) is 0.187. The number of benzene rings is 1. The molecule has 0 bridgehead atoms. The summed E-state index contributed by atoms with van der Waals surface area (Å²) in [5, 5.41) is 11.1. The largest absolute Gasteiger partial charge is 0.389 e. The minimum atomic E-state index is -0.657. The topological polar surface area (TPSA) is 20.2 Å². The van der Waals surface area contributed by atoms with Gasteiger partial charge in [0.2, 0.25) is 0 Å². The predicted octanol–water partition coefficient (Wildman–Crippen LogP) is 3.96. The molecule has 1 fully saturated rings. The normalized spacial score (nSPS) is 28.6. The standard InChI is InChI=1S/C14H18ClFO/c1-2-11-4-3-7-14(11,17)9-10-5-6-12(16)8-13(10)15/h5-6,8,11,17H,2-4,7,9H2,1H3. The summed E-state index contributed by atoms with van der Waals surface area (Å²) in [6, 6.07) is 4.40. The molecular formula is C14H18ClFO. The summed E-state index contributed by atoms with van der Waals surface area (Å²) in [5.74, 6) is 0.00724. The first-order valence-corrected chi connectivity index (χ1v) is 6.59. The lowest BCUT2D eigenvalue weighted by Gasteiger charge is -2.30. The Bertz CT molecular complexity index is 407. The van der Waals surface area contributed by atoms with Crippen LogP contribution in [0.1, 0.15) is 38.2 Å². The zero-order valence-electron chi connectivity index (χ0n) is 10.0. The Morgan fingerprint density at radius 1 is 1.53 bits per heavy atom. The average molecular weight is 257 g/mol. The Balaban J connectivity index is 2.19. The molecule has 2 rings (SSSR count). The van der Waals surface area contributed by atoms with Gasteiger partial charge in [0.1, 0.15) is 5.82 Å². The minimum absolute atomic E-state index is 0.329. The third-order valence-electron chi connectivity index (χ3n) is 3.93. The van der Waals surface area contributed by atoms with Crippen molar-refractivity contribution in [2.24, 2.45) is 5.92 Å². The molecule has 1 nitrogen and oxygen atoms in total. The number of hydrogen-bond acceptors (Lipinski definition) is 1. The molecule has 1 aliphatic rings. The van der Waals surface area contributed by atoms with Crippen LogP contribution in [-0.2, 0) is 6.42 Å². The summed E-state index contributed by atoms with van der Waals surface area (Å²) >= 11 is 6.01. The van der Waals surface area contributed by atoms with Gasteiger partial charge in [-0.15, -0.1) is 0 Å². The highest BCUT2D eigenvalue weighted by molar-refractivity contribution is 6.31. The molecule has 1 saturated carbocycles. The maximum atomic E-state index is 13.0. The van der Waals surface area contributed by atoms with Gasteiger partial charge in [-0.25, -0.2) is 4.39 Å². The average Bonchev–Trinajstić information content (AvgIpc) is 2.64. The van der Waals surface area contributed by atoms with E-state index in [4.69, 9.17) is 11.6 Å². The van der Waals surface area contributed by atoms with E-state index in [1.165, 1.54) is 12.1 Å². The van der Waals surface area contributed by atoms with E-state index in [9.17, 15) is 9.50 Å². The summed E-state index contributed by atoms with van der Waals surface area (Å²) in [6.45, 7) is 2.10.